The molecule has 0 saturated carbocycles. The van der Waals surface area contributed by atoms with E-state index < -0.39 is 45.3 Å². The first kappa shape index (κ1) is 31.5. The van der Waals surface area contributed by atoms with E-state index in [1.54, 1.807) is 7.11 Å². The maximum atomic E-state index is 15.2. The van der Waals surface area contributed by atoms with Crippen LogP contribution >= 0.6 is 0 Å². The van der Waals surface area contributed by atoms with Gasteiger partial charge in [-0.05, 0) is 39.7 Å². The lowest BCUT2D eigenvalue weighted by Crippen LogP contribution is -2.50. The van der Waals surface area contributed by atoms with Gasteiger partial charge in [-0.25, -0.2) is 22.8 Å². The molecule has 2 saturated heterocycles. The second-order valence-electron chi connectivity index (χ2n) is 11.2. The second kappa shape index (κ2) is 12.5. The summed E-state index contributed by atoms with van der Waals surface area (Å²) in [5.74, 6) is -0.314. The van der Waals surface area contributed by atoms with Crippen LogP contribution in [0.15, 0.2) is 18.6 Å². The monoisotopic (exact) mass is 607 g/mol. The van der Waals surface area contributed by atoms with E-state index in [-0.39, 0.29) is 49.4 Å². The maximum Gasteiger partial charge on any atom is 0.419 e. The normalized spacial score (nSPS) is 23.3. The lowest BCUT2D eigenvalue weighted by atomic mass is 10.1. The van der Waals surface area contributed by atoms with Gasteiger partial charge in [-0.2, -0.15) is 22.6 Å². The molecule has 2 aliphatic heterocycles. The first-order valence-electron chi connectivity index (χ1n) is 13.5. The number of likely N-dealkylation sites (tertiary alicyclic amines) is 1. The molecule has 16 heteroatoms. The van der Waals surface area contributed by atoms with Gasteiger partial charge in [-0.3, -0.25) is 4.68 Å². The number of alkyl halides is 4. The van der Waals surface area contributed by atoms with Crippen molar-refractivity contribution in [1.82, 2.24) is 29.0 Å². The molecule has 0 amide bonds. The van der Waals surface area contributed by atoms with Gasteiger partial charge in [0.25, 0.3) is 0 Å². The minimum Gasteiger partial charge on any atom is -0.389 e. The highest BCUT2D eigenvalue weighted by Crippen LogP contribution is 2.36. The molecule has 3 atom stereocenters. The smallest absolute Gasteiger partial charge is 0.389 e. The number of aliphatic hydroxyl groups is 1. The van der Waals surface area contributed by atoms with Gasteiger partial charge in [0.1, 0.15) is 11.7 Å². The third-order valence-electron chi connectivity index (χ3n) is 7.20. The van der Waals surface area contributed by atoms with Crippen molar-refractivity contribution in [2.24, 2.45) is 0 Å². The molecule has 0 radical (unpaired) electrons. The quantitative estimate of drug-likeness (QED) is 0.371. The van der Waals surface area contributed by atoms with E-state index in [0.717, 1.165) is 23.8 Å². The first-order chi connectivity index (χ1) is 19.1. The summed E-state index contributed by atoms with van der Waals surface area (Å²) < 4.78 is 89.8. The van der Waals surface area contributed by atoms with Crippen molar-refractivity contribution in [3.63, 3.8) is 0 Å². The fourth-order valence-electron chi connectivity index (χ4n) is 5.10. The largest absolute Gasteiger partial charge is 0.419 e. The number of nitrogens with zero attached hydrogens (tertiary/aromatic N) is 6. The van der Waals surface area contributed by atoms with Crippen LogP contribution in [0.5, 0.6) is 0 Å². The lowest BCUT2D eigenvalue weighted by molar-refractivity contribution is -0.137. The molecule has 11 nitrogen and oxygen atoms in total. The molecule has 2 aromatic rings. The fraction of sp³-hybridized carbons (Fsp3) is 0.720. The lowest BCUT2D eigenvalue weighted by Gasteiger charge is -2.34. The van der Waals surface area contributed by atoms with Crippen LogP contribution < -0.4 is 5.32 Å². The summed E-state index contributed by atoms with van der Waals surface area (Å²) in [5.41, 5.74) is -2.62. The molecular formula is C25H37F4N7O4S. The third-order valence-corrected chi connectivity index (χ3v) is 9.12. The number of hydrogen-bond donors (Lipinski definition) is 2. The Labute approximate surface area is 236 Å². The Morgan fingerprint density at radius 3 is 2.56 bits per heavy atom. The van der Waals surface area contributed by atoms with Crippen LogP contribution in [0.3, 0.4) is 0 Å². The van der Waals surface area contributed by atoms with Crippen LogP contribution in [-0.4, -0.2) is 112 Å². The Morgan fingerprint density at radius 2 is 1.93 bits per heavy atom. The van der Waals surface area contributed by atoms with Crippen molar-refractivity contribution in [3.8, 4) is 11.3 Å². The highest BCUT2D eigenvalue weighted by Gasteiger charge is 2.38. The SMILES string of the molecule is CO[C@@H]1CCN(CCCS(=O)(=O)N2CC[C@H](Nc3ncc(C(F)(F)F)c(-c4cnn(CC(C)(C)O)c4)n3)[C@H](F)C2)C1. The number of aromatic nitrogens is 4. The van der Waals surface area contributed by atoms with Crippen molar-refractivity contribution in [3.05, 3.63) is 24.2 Å². The van der Waals surface area contributed by atoms with Crippen molar-refractivity contribution in [1.29, 1.82) is 0 Å². The summed E-state index contributed by atoms with van der Waals surface area (Å²) in [4.78, 5) is 9.94. The zero-order chi connectivity index (χ0) is 30.0. The number of sulfonamides is 1. The second-order valence-corrected chi connectivity index (χ2v) is 13.3. The van der Waals surface area contributed by atoms with E-state index >= 15 is 4.39 Å². The van der Waals surface area contributed by atoms with Crippen molar-refractivity contribution in [2.45, 2.75) is 69.7 Å². The third kappa shape index (κ3) is 8.34. The molecule has 230 valence electrons. The molecule has 2 aliphatic rings. The topological polar surface area (TPSA) is 126 Å². The van der Waals surface area contributed by atoms with Gasteiger partial charge < -0.3 is 20.1 Å². The van der Waals surface area contributed by atoms with Gasteiger partial charge in [0.05, 0.1) is 41.9 Å². The summed E-state index contributed by atoms with van der Waals surface area (Å²) >= 11 is 0. The Kier molecular flexibility index (Phi) is 9.58. The molecular weight excluding hydrogens is 570 g/mol. The number of anilines is 1. The number of methoxy groups -OCH3 is 1. The molecule has 2 aromatic heterocycles. The number of piperidine rings is 1. The van der Waals surface area contributed by atoms with E-state index in [2.05, 4.69) is 25.3 Å². The van der Waals surface area contributed by atoms with Gasteiger partial charge in [-0.15, -0.1) is 0 Å². The van der Waals surface area contributed by atoms with Crippen molar-refractivity contribution >= 4 is 16.0 Å². The average molecular weight is 608 g/mol. The van der Waals surface area contributed by atoms with E-state index in [1.165, 1.54) is 30.9 Å². The van der Waals surface area contributed by atoms with Gasteiger partial charge in [0, 0.05) is 51.2 Å². The van der Waals surface area contributed by atoms with Crippen molar-refractivity contribution in [2.75, 3.05) is 50.9 Å². The Balaban J connectivity index is 1.39. The zero-order valence-corrected chi connectivity index (χ0v) is 24.1. The fourth-order valence-corrected chi connectivity index (χ4v) is 6.60. The van der Waals surface area contributed by atoms with E-state index in [1.807, 2.05) is 0 Å². The van der Waals surface area contributed by atoms with Crippen LogP contribution in [0.2, 0.25) is 0 Å². The summed E-state index contributed by atoms with van der Waals surface area (Å²) in [7, 11) is -2.02. The summed E-state index contributed by atoms with van der Waals surface area (Å²) in [6.07, 6.45) is -1.64. The number of nitrogens with one attached hydrogen (secondary N) is 1. The van der Waals surface area contributed by atoms with E-state index in [4.69, 9.17) is 4.74 Å². The summed E-state index contributed by atoms with van der Waals surface area (Å²) in [5, 5.41) is 16.8. The molecule has 2 fully saturated rings. The maximum absolute atomic E-state index is 15.2. The standard InChI is InChI=1S/C25H37F4N7O4S/c1-24(2,37)16-35-13-17(11-31-35)22-19(25(27,28)29)12-30-23(33-22)32-21-6-9-36(15-20(21)26)41(38,39)10-4-7-34-8-5-18(14-34)40-3/h11-13,18,20-21,37H,4-10,14-16H2,1-3H3,(H,30,32,33)/t18-,20-,21+/m1/s1. The molecule has 0 aliphatic carbocycles. The first-order valence-corrected chi connectivity index (χ1v) is 15.1. The summed E-state index contributed by atoms with van der Waals surface area (Å²) in [6, 6.07) is -0.889. The number of ether oxygens (including phenoxy) is 1. The van der Waals surface area contributed by atoms with Crippen LogP contribution in [0, 0.1) is 0 Å². The molecule has 4 rings (SSSR count). The van der Waals surface area contributed by atoms with Crippen LogP contribution in [0.25, 0.3) is 11.3 Å². The summed E-state index contributed by atoms with van der Waals surface area (Å²) in [6.45, 7) is 5.04. The molecule has 4 heterocycles. The molecule has 2 N–H and O–H groups in total. The minimum absolute atomic E-state index is 0.0437. The van der Waals surface area contributed by atoms with Gasteiger partial charge in [0.2, 0.25) is 16.0 Å². The molecule has 41 heavy (non-hydrogen) atoms. The number of hydrogen-bond acceptors (Lipinski definition) is 9. The number of rotatable bonds is 11. The Hall–Kier alpha value is -2.40. The van der Waals surface area contributed by atoms with Crippen LogP contribution in [-0.2, 0) is 27.5 Å². The minimum atomic E-state index is -4.76. The van der Waals surface area contributed by atoms with Gasteiger partial charge >= 0.3 is 6.18 Å². The Morgan fingerprint density at radius 1 is 1.17 bits per heavy atom. The highest BCUT2D eigenvalue weighted by atomic mass is 32.2. The zero-order valence-electron chi connectivity index (χ0n) is 23.3. The van der Waals surface area contributed by atoms with E-state index in [0.29, 0.717) is 19.2 Å². The molecule has 0 spiro atoms. The Bertz CT molecular complexity index is 1290. The molecule has 0 aromatic carbocycles. The molecule has 0 unspecified atom stereocenters. The predicted octanol–water partition coefficient (Wildman–Crippen LogP) is 2.39. The highest BCUT2D eigenvalue weighted by molar-refractivity contribution is 7.89. The van der Waals surface area contributed by atoms with Crippen molar-refractivity contribution < 1.29 is 35.8 Å². The molecule has 0 bridgehead atoms. The van der Waals surface area contributed by atoms with Gasteiger partial charge in [0.15, 0.2) is 0 Å². The van der Waals surface area contributed by atoms with Gasteiger partial charge in [-0.1, -0.05) is 0 Å². The average Bonchev–Trinajstić information content (AvgIpc) is 3.53. The van der Waals surface area contributed by atoms with Crippen LogP contribution in [0.1, 0.15) is 38.7 Å². The van der Waals surface area contributed by atoms with E-state index in [9.17, 15) is 26.7 Å². The predicted molar refractivity (Wildman–Crippen MR) is 143 cm³/mol. The van der Waals surface area contributed by atoms with Crippen LogP contribution in [0.4, 0.5) is 23.5 Å². The number of halogens is 4.